The number of aliphatic hydroxyl groups is 1. The lowest BCUT2D eigenvalue weighted by molar-refractivity contribution is -0.142. The highest BCUT2D eigenvalue weighted by atomic mass is 16.4. The normalized spacial score (nSPS) is 15.9. The molecule has 1 aromatic rings. The number of benzene rings is 1. The van der Waals surface area contributed by atoms with Crippen molar-refractivity contribution in [1.82, 2.24) is 69.1 Å². The van der Waals surface area contributed by atoms with E-state index >= 15 is 0 Å². The zero-order valence-electron chi connectivity index (χ0n) is 55.1. The van der Waals surface area contributed by atoms with Gasteiger partial charge in [0, 0.05) is 12.8 Å². The summed E-state index contributed by atoms with van der Waals surface area (Å²) >= 11 is 0. The van der Waals surface area contributed by atoms with E-state index in [9.17, 15) is 97.1 Å². The van der Waals surface area contributed by atoms with Crippen molar-refractivity contribution in [2.45, 2.75) is 220 Å². The van der Waals surface area contributed by atoms with Gasteiger partial charge in [0.1, 0.15) is 84.3 Å². The molecule has 0 saturated carbocycles. The van der Waals surface area contributed by atoms with Gasteiger partial charge in [0.05, 0.1) is 18.6 Å². The van der Waals surface area contributed by atoms with E-state index in [1.165, 1.54) is 100 Å². The molecule has 20 N–H and O–H groups in total. The maximum absolute atomic E-state index is 14.0. The number of rotatable bonds is 39. The molecule has 13 amide bonds. The summed E-state index contributed by atoms with van der Waals surface area (Å²) in [5.74, 6) is -18.6. The van der Waals surface area contributed by atoms with E-state index < -0.39 is 216 Å². The van der Waals surface area contributed by atoms with Crippen LogP contribution in [-0.2, 0) is 83.1 Å². The van der Waals surface area contributed by atoms with Crippen molar-refractivity contribution in [3.8, 4) is 5.75 Å². The van der Waals surface area contributed by atoms with Crippen molar-refractivity contribution in [1.29, 1.82) is 0 Å². The predicted molar refractivity (Wildman–Crippen MR) is 332 cm³/mol. The number of carboxylic acid groups (broad SMARTS) is 3. The fourth-order valence-corrected chi connectivity index (χ4v) is 8.42. The van der Waals surface area contributed by atoms with Gasteiger partial charge in [-0.2, -0.15) is 0 Å². The Bertz CT molecular complexity index is 2890. The van der Waals surface area contributed by atoms with Crippen LogP contribution >= 0.6 is 0 Å². The number of hydrogen-bond acceptors (Lipinski definition) is 19. The topological polar surface area (TPSA) is 557 Å². The van der Waals surface area contributed by atoms with Crippen molar-refractivity contribution in [2.75, 3.05) is 0 Å². The van der Waals surface area contributed by atoms with Crippen molar-refractivity contribution in [3.63, 3.8) is 0 Å². The van der Waals surface area contributed by atoms with Gasteiger partial charge in [0.25, 0.3) is 0 Å². The summed E-state index contributed by atoms with van der Waals surface area (Å²) in [7, 11) is 0. The molecular weight excluding hydrogens is 1240 g/mol. The molecule has 94 heavy (non-hydrogen) atoms. The fourth-order valence-electron chi connectivity index (χ4n) is 8.42. The minimum atomic E-state index is -1.81. The van der Waals surface area contributed by atoms with Crippen LogP contribution in [0.25, 0.3) is 0 Å². The zero-order chi connectivity index (χ0) is 72.3. The molecule has 35 nitrogen and oxygen atoms in total. The second-order valence-electron chi connectivity index (χ2n) is 24.0. The number of amides is 13. The van der Waals surface area contributed by atoms with Crippen LogP contribution in [0.3, 0.4) is 0 Å². The lowest BCUT2D eigenvalue weighted by atomic mass is 9.98. The summed E-state index contributed by atoms with van der Waals surface area (Å²) in [6.07, 6.45) is -4.14. The maximum Gasteiger partial charge on any atom is 0.325 e. The molecule has 1 rings (SSSR count). The van der Waals surface area contributed by atoms with Crippen LogP contribution in [0.4, 0.5) is 0 Å². The van der Waals surface area contributed by atoms with Gasteiger partial charge in [0.2, 0.25) is 76.8 Å². The number of carbonyl (C=O) groups is 16. The van der Waals surface area contributed by atoms with Gasteiger partial charge >= 0.3 is 17.9 Å². The molecular formula is C59H94N14O21. The molecule has 0 saturated heterocycles. The largest absolute Gasteiger partial charge is 0.508 e. The Hall–Kier alpha value is -9.54. The molecule has 35 heteroatoms. The second kappa shape index (κ2) is 39.1. The molecule has 0 unspecified atom stereocenters. The SMILES string of the molecule is CC(C)C[C@H](NC(=O)[C@H](CC(=O)O)NC(=O)[C@H](C)N)C(=O)N[C@@H](CCC(=O)O)C(=O)N[C@H](C(=O)N[C@H](C(=O)N[C@@H](C)C(=O)N[C@@H](C)C(=O)N[C@H](C(=O)N[C@@H](Cc1ccc(O)cc1)C(=O)N[C@@H](C)C(=O)N[C@@H](C)C(=O)N[C@@H](C)C(=O)N[C@@H](C)C(=O)O)[C@@H](C)O)C(C)C)C(C)C. The number of hydrogen-bond donors (Lipinski definition) is 19. The Kier molecular flexibility index (Phi) is 34.3. The van der Waals surface area contributed by atoms with E-state index in [2.05, 4.69) is 69.1 Å². The average molecular weight is 1340 g/mol. The van der Waals surface area contributed by atoms with Gasteiger partial charge in [-0.3, -0.25) is 76.7 Å². The first-order valence-corrected chi connectivity index (χ1v) is 30.3. The molecule has 0 spiro atoms. The molecule has 0 heterocycles. The van der Waals surface area contributed by atoms with Gasteiger partial charge in [-0.05, 0) is 104 Å². The van der Waals surface area contributed by atoms with E-state index in [1.807, 2.05) is 0 Å². The Morgan fingerprint density at radius 1 is 0.372 bits per heavy atom. The van der Waals surface area contributed by atoms with Crippen LogP contribution < -0.4 is 74.9 Å². The highest BCUT2D eigenvalue weighted by Crippen LogP contribution is 2.14. The highest BCUT2D eigenvalue weighted by molar-refractivity contribution is 6.00. The number of carbonyl (C=O) groups excluding carboxylic acids is 13. The molecule has 0 aliphatic rings. The minimum Gasteiger partial charge on any atom is -0.508 e. The second-order valence-corrected chi connectivity index (χ2v) is 24.0. The number of nitrogens with one attached hydrogen (secondary N) is 13. The zero-order valence-corrected chi connectivity index (χ0v) is 55.1. The summed E-state index contributed by atoms with van der Waals surface area (Å²) < 4.78 is 0. The number of aromatic hydroxyl groups is 1. The van der Waals surface area contributed by atoms with Crippen molar-refractivity contribution in [2.24, 2.45) is 23.5 Å². The Balaban J connectivity index is 3.25. The fraction of sp³-hybridized carbons (Fsp3) is 0.627. The van der Waals surface area contributed by atoms with Crippen LogP contribution in [-0.4, -0.2) is 211 Å². The molecule has 0 radical (unpaired) electrons. The van der Waals surface area contributed by atoms with E-state index in [1.54, 1.807) is 13.8 Å². The van der Waals surface area contributed by atoms with Crippen LogP contribution in [0.1, 0.15) is 128 Å². The Morgan fingerprint density at radius 3 is 1.11 bits per heavy atom. The summed E-state index contributed by atoms with van der Waals surface area (Å²) in [5.41, 5.74) is 5.95. The molecule has 1 aromatic carbocycles. The number of nitrogens with two attached hydrogens (primary N) is 1. The number of aliphatic hydroxyl groups excluding tert-OH is 1. The molecule has 0 aliphatic carbocycles. The number of phenols is 1. The van der Waals surface area contributed by atoms with E-state index in [0.29, 0.717) is 5.56 Å². The van der Waals surface area contributed by atoms with Crippen molar-refractivity contribution < 1.29 is 102 Å². The third-order valence-electron chi connectivity index (χ3n) is 14.1. The summed E-state index contributed by atoms with van der Waals surface area (Å²) in [6, 6.07) is -14.8. The molecule has 0 aromatic heterocycles. The lowest BCUT2D eigenvalue weighted by Crippen LogP contribution is -2.62. The number of aliphatic carboxylic acids is 3. The van der Waals surface area contributed by atoms with Gasteiger partial charge < -0.3 is 100 Å². The number of carboxylic acids is 3. The highest BCUT2D eigenvalue weighted by Gasteiger charge is 2.38. The Morgan fingerprint density at radius 2 is 0.702 bits per heavy atom. The first-order chi connectivity index (χ1) is 43.5. The van der Waals surface area contributed by atoms with Gasteiger partial charge in [0.15, 0.2) is 0 Å². The number of phenolic OH excluding ortho intramolecular Hbond substituents is 1. The molecule has 0 aliphatic heterocycles. The first kappa shape index (κ1) is 82.5. The lowest BCUT2D eigenvalue weighted by Gasteiger charge is -2.30. The van der Waals surface area contributed by atoms with E-state index in [4.69, 9.17) is 10.8 Å². The molecule has 0 fully saturated rings. The summed E-state index contributed by atoms with van der Waals surface area (Å²) in [4.78, 5) is 209. The van der Waals surface area contributed by atoms with Crippen molar-refractivity contribution in [3.05, 3.63) is 29.8 Å². The van der Waals surface area contributed by atoms with E-state index in [-0.39, 0.29) is 24.5 Å². The van der Waals surface area contributed by atoms with Gasteiger partial charge in [-0.15, -0.1) is 0 Å². The molecule has 526 valence electrons. The standard InChI is InChI=1S/C59H94N14O21/c1-24(2)21-38(69-55(89)40(23-42(78)79)68-46(80)27(7)60)54(88)67-37(19-20-41(76)77)52(86)71-44(26(5)6)57(91)72-43(25(3)4)56(90)65-31(11)49(83)63-32(12)51(85)73-45(34(14)74)58(92)70-39(22-35-15-17-36(75)18-16-35)53(87)64-30(10)48(82)61-28(8)47(81)62-29(9)50(84)66-33(13)59(93)94/h15-18,24-34,37-40,43-45,74-75H,19-23,60H2,1-14H3,(H,61,82)(H,62,81)(H,63,83)(H,64,87)(H,65,90)(H,66,84)(H,67,88)(H,68,80)(H,69,89)(H,70,92)(H,71,86)(H,72,91)(H,73,85)(H,76,77)(H,78,79)(H,93,94)/t27-,28-,29-,30-,31-,32-,33-,34+,37-,38-,39-,40-,43-,44-,45-/m0/s1. The quantitative estimate of drug-likeness (QED) is 0.0293. The van der Waals surface area contributed by atoms with E-state index in [0.717, 1.165) is 6.92 Å². The minimum absolute atomic E-state index is 0.0901. The molecule has 15 atom stereocenters. The van der Waals surface area contributed by atoms with Gasteiger partial charge in [-0.25, -0.2) is 0 Å². The van der Waals surface area contributed by atoms with Crippen molar-refractivity contribution >= 4 is 94.7 Å². The summed E-state index contributed by atoms with van der Waals surface area (Å²) in [6.45, 7) is 19.3. The smallest absolute Gasteiger partial charge is 0.325 e. The summed E-state index contributed by atoms with van der Waals surface area (Å²) in [5, 5.41) is 79.5. The van der Waals surface area contributed by atoms with Gasteiger partial charge in [-0.1, -0.05) is 53.7 Å². The molecule has 0 bridgehead atoms. The van der Waals surface area contributed by atoms with Crippen LogP contribution in [0.15, 0.2) is 24.3 Å². The Labute approximate surface area is 543 Å². The third-order valence-corrected chi connectivity index (χ3v) is 14.1. The first-order valence-electron chi connectivity index (χ1n) is 30.3. The predicted octanol–water partition coefficient (Wildman–Crippen LogP) is -5.13. The van der Waals surface area contributed by atoms with Crippen LogP contribution in [0.2, 0.25) is 0 Å². The third kappa shape index (κ3) is 29.0. The average Bonchev–Trinajstić information content (AvgIpc) is 1.09. The maximum atomic E-state index is 14.0. The van der Waals surface area contributed by atoms with Crippen LogP contribution in [0, 0.1) is 17.8 Å². The van der Waals surface area contributed by atoms with Crippen LogP contribution in [0.5, 0.6) is 5.75 Å². The monoisotopic (exact) mass is 1330 g/mol.